The number of rotatable bonds is 4. The molecule has 1 aliphatic rings. The summed E-state index contributed by atoms with van der Waals surface area (Å²) in [6.45, 7) is 5.23. The van der Waals surface area contributed by atoms with Crippen LogP contribution in [-0.2, 0) is 0 Å². The molecular formula is C21H23ClN4O2. The van der Waals surface area contributed by atoms with Gasteiger partial charge in [0.05, 0.1) is 11.7 Å². The van der Waals surface area contributed by atoms with Crippen LogP contribution < -0.4 is 4.74 Å². The molecule has 0 aliphatic carbocycles. The van der Waals surface area contributed by atoms with Gasteiger partial charge in [-0.1, -0.05) is 11.6 Å². The van der Waals surface area contributed by atoms with Gasteiger partial charge in [0.2, 0.25) is 5.88 Å². The summed E-state index contributed by atoms with van der Waals surface area (Å²) in [5, 5.41) is 1.53. The van der Waals surface area contributed by atoms with Gasteiger partial charge in [0.15, 0.2) is 0 Å². The van der Waals surface area contributed by atoms with E-state index in [0.29, 0.717) is 35.5 Å². The molecule has 1 saturated heterocycles. The molecule has 0 atom stereocenters. The molecule has 1 amide bonds. The fourth-order valence-corrected chi connectivity index (χ4v) is 3.95. The van der Waals surface area contributed by atoms with Crippen LogP contribution in [0.2, 0.25) is 5.02 Å². The molecular weight excluding hydrogens is 376 g/mol. The summed E-state index contributed by atoms with van der Waals surface area (Å²) in [6, 6.07) is 5.70. The third-order valence-electron chi connectivity index (χ3n) is 5.11. The molecule has 3 aromatic heterocycles. The lowest BCUT2D eigenvalue weighted by atomic mass is 9.89. The minimum atomic E-state index is -0.0375. The normalized spacial score (nSPS) is 15.4. The molecule has 3 aromatic rings. The first-order valence-corrected chi connectivity index (χ1v) is 9.94. The topological polar surface area (TPSA) is 71.1 Å². The first-order valence-electron chi connectivity index (χ1n) is 9.56. The van der Waals surface area contributed by atoms with Crippen molar-refractivity contribution in [2.45, 2.75) is 38.7 Å². The number of hydrogen-bond acceptors (Lipinski definition) is 4. The number of carbonyl (C=O) groups excluding carboxylic acids is 1. The molecule has 1 fully saturated rings. The highest BCUT2D eigenvalue weighted by molar-refractivity contribution is 6.32. The Morgan fingerprint density at radius 2 is 2.11 bits per heavy atom. The third-order valence-corrected chi connectivity index (χ3v) is 5.38. The Hall–Kier alpha value is -2.60. The highest BCUT2D eigenvalue weighted by atomic mass is 35.5. The van der Waals surface area contributed by atoms with E-state index in [2.05, 4.69) is 27.2 Å². The third kappa shape index (κ3) is 3.69. The second kappa shape index (κ2) is 7.80. The van der Waals surface area contributed by atoms with Crippen LogP contribution in [0, 0.1) is 0 Å². The quantitative estimate of drug-likeness (QED) is 0.706. The van der Waals surface area contributed by atoms with Crippen LogP contribution in [0.1, 0.15) is 48.5 Å². The molecule has 0 bridgehead atoms. The summed E-state index contributed by atoms with van der Waals surface area (Å²) >= 11 is 6.24. The Morgan fingerprint density at radius 3 is 2.82 bits per heavy atom. The molecule has 0 unspecified atom stereocenters. The van der Waals surface area contributed by atoms with Gasteiger partial charge in [-0.3, -0.25) is 4.79 Å². The van der Waals surface area contributed by atoms with Gasteiger partial charge >= 0.3 is 0 Å². The summed E-state index contributed by atoms with van der Waals surface area (Å²) in [7, 11) is 0. The van der Waals surface area contributed by atoms with E-state index in [0.717, 1.165) is 18.5 Å². The first kappa shape index (κ1) is 18.7. The second-order valence-electron chi connectivity index (χ2n) is 7.39. The van der Waals surface area contributed by atoms with Crippen LogP contribution in [0.15, 0.2) is 36.8 Å². The fourth-order valence-electron chi connectivity index (χ4n) is 3.74. The SMILES string of the molecule is CC(C)Oc1ncc(C(=O)N2CCC(c3c[nH]c4ncccc34)CC2)cc1Cl. The van der Waals surface area contributed by atoms with E-state index in [1.807, 2.05) is 24.8 Å². The average Bonchev–Trinajstić information content (AvgIpc) is 3.13. The van der Waals surface area contributed by atoms with Crippen molar-refractivity contribution in [3.8, 4) is 5.88 Å². The molecule has 4 heterocycles. The summed E-state index contributed by atoms with van der Waals surface area (Å²) in [5.74, 6) is 0.745. The van der Waals surface area contributed by atoms with Gasteiger partial charge in [0.1, 0.15) is 10.7 Å². The molecule has 0 saturated carbocycles. The standard InChI is InChI=1S/C21H23ClN4O2/c1-13(2)28-20-18(22)10-15(11-25-20)21(27)26-8-5-14(6-9-26)17-12-24-19-16(17)4-3-7-23-19/h3-4,7,10-14H,5-6,8-9H2,1-2H3,(H,23,24). The van der Waals surface area contributed by atoms with Crippen molar-refractivity contribution in [3.05, 3.63) is 52.9 Å². The van der Waals surface area contributed by atoms with Gasteiger partial charge in [-0.2, -0.15) is 0 Å². The number of piperidine rings is 1. The molecule has 0 spiro atoms. The van der Waals surface area contributed by atoms with Gasteiger partial charge in [0.25, 0.3) is 5.91 Å². The molecule has 1 aliphatic heterocycles. The lowest BCUT2D eigenvalue weighted by molar-refractivity contribution is 0.0713. The number of carbonyl (C=O) groups is 1. The summed E-state index contributed by atoms with van der Waals surface area (Å²) in [4.78, 5) is 26.6. The van der Waals surface area contributed by atoms with Crippen molar-refractivity contribution in [3.63, 3.8) is 0 Å². The smallest absolute Gasteiger partial charge is 0.255 e. The lowest BCUT2D eigenvalue weighted by Gasteiger charge is -2.32. The lowest BCUT2D eigenvalue weighted by Crippen LogP contribution is -2.38. The minimum absolute atomic E-state index is 0.0229. The number of likely N-dealkylation sites (tertiary alicyclic amines) is 1. The number of aromatic nitrogens is 3. The predicted molar refractivity (Wildman–Crippen MR) is 109 cm³/mol. The highest BCUT2D eigenvalue weighted by Gasteiger charge is 2.26. The molecule has 28 heavy (non-hydrogen) atoms. The number of fused-ring (bicyclic) bond motifs is 1. The predicted octanol–water partition coefficient (Wildman–Crippen LogP) is 4.42. The number of nitrogens with zero attached hydrogens (tertiary/aromatic N) is 3. The number of hydrogen-bond donors (Lipinski definition) is 1. The number of aromatic amines is 1. The van der Waals surface area contributed by atoms with E-state index in [9.17, 15) is 4.79 Å². The maximum atomic E-state index is 12.9. The number of H-pyrrole nitrogens is 1. The number of pyridine rings is 2. The van der Waals surface area contributed by atoms with E-state index in [1.165, 1.54) is 10.9 Å². The van der Waals surface area contributed by atoms with Crippen LogP contribution in [0.5, 0.6) is 5.88 Å². The van der Waals surface area contributed by atoms with E-state index < -0.39 is 0 Å². The highest BCUT2D eigenvalue weighted by Crippen LogP contribution is 2.33. The Labute approximate surface area is 168 Å². The molecule has 7 heteroatoms. The zero-order valence-corrected chi connectivity index (χ0v) is 16.7. The molecule has 1 N–H and O–H groups in total. The molecule has 146 valence electrons. The Balaban J connectivity index is 1.43. The number of nitrogens with one attached hydrogen (secondary N) is 1. The van der Waals surface area contributed by atoms with Gasteiger partial charge in [-0.15, -0.1) is 0 Å². The molecule has 6 nitrogen and oxygen atoms in total. The van der Waals surface area contributed by atoms with Crippen LogP contribution in [0.4, 0.5) is 0 Å². The Morgan fingerprint density at radius 1 is 1.32 bits per heavy atom. The largest absolute Gasteiger partial charge is 0.474 e. The number of ether oxygens (including phenoxy) is 1. The molecule has 4 rings (SSSR count). The summed E-state index contributed by atoms with van der Waals surface area (Å²) < 4.78 is 5.54. The van der Waals surface area contributed by atoms with Crippen LogP contribution >= 0.6 is 11.6 Å². The monoisotopic (exact) mass is 398 g/mol. The van der Waals surface area contributed by atoms with Crippen molar-refractivity contribution in [1.82, 2.24) is 19.9 Å². The van der Waals surface area contributed by atoms with Gasteiger partial charge in [-0.25, -0.2) is 9.97 Å². The zero-order chi connectivity index (χ0) is 19.7. The minimum Gasteiger partial charge on any atom is -0.474 e. The average molecular weight is 399 g/mol. The van der Waals surface area contributed by atoms with Crippen LogP contribution in [0.25, 0.3) is 11.0 Å². The van der Waals surface area contributed by atoms with Crippen molar-refractivity contribution in [1.29, 1.82) is 0 Å². The van der Waals surface area contributed by atoms with E-state index in [4.69, 9.17) is 16.3 Å². The van der Waals surface area contributed by atoms with E-state index in [-0.39, 0.29) is 12.0 Å². The second-order valence-corrected chi connectivity index (χ2v) is 7.79. The van der Waals surface area contributed by atoms with Gasteiger partial charge in [-0.05, 0) is 56.4 Å². The van der Waals surface area contributed by atoms with Crippen LogP contribution in [-0.4, -0.2) is 45.0 Å². The van der Waals surface area contributed by atoms with Crippen molar-refractivity contribution < 1.29 is 9.53 Å². The summed E-state index contributed by atoms with van der Waals surface area (Å²) in [5.41, 5.74) is 2.70. The van der Waals surface area contributed by atoms with E-state index in [1.54, 1.807) is 18.5 Å². The van der Waals surface area contributed by atoms with Crippen molar-refractivity contribution >= 4 is 28.5 Å². The molecule has 0 aromatic carbocycles. The van der Waals surface area contributed by atoms with Gasteiger partial charge < -0.3 is 14.6 Å². The fraction of sp³-hybridized carbons (Fsp3) is 0.381. The van der Waals surface area contributed by atoms with Crippen LogP contribution in [0.3, 0.4) is 0 Å². The number of halogens is 1. The Bertz CT molecular complexity index is 993. The summed E-state index contributed by atoms with van der Waals surface area (Å²) in [6.07, 6.45) is 7.21. The Kier molecular flexibility index (Phi) is 5.22. The maximum absolute atomic E-state index is 12.9. The molecule has 0 radical (unpaired) electrons. The van der Waals surface area contributed by atoms with E-state index >= 15 is 0 Å². The first-order chi connectivity index (χ1) is 13.5. The van der Waals surface area contributed by atoms with Crippen molar-refractivity contribution in [2.24, 2.45) is 0 Å². The maximum Gasteiger partial charge on any atom is 0.255 e. The zero-order valence-electron chi connectivity index (χ0n) is 16.0. The van der Waals surface area contributed by atoms with Gasteiger partial charge in [0, 0.05) is 37.1 Å². The number of amides is 1. The van der Waals surface area contributed by atoms with Crippen molar-refractivity contribution in [2.75, 3.05) is 13.1 Å².